The van der Waals surface area contributed by atoms with Gasteiger partial charge in [-0.25, -0.2) is 0 Å². The Balaban J connectivity index is 4.40. The molecular formula is C13H30N2O. The van der Waals surface area contributed by atoms with E-state index in [9.17, 15) is 0 Å². The molecule has 0 saturated heterocycles. The van der Waals surface area contributed by atoms with Gasteiger partial charge < -0.3 is 10.5 Å². The Hall–Kier alpha value is -0.120. The summed E-state index contributed by atoms with van der Waals surface area (Å²) in [4.78, 5) is 2.52. The zero-order valence-electron chi connectivity index (χ0n) is 11.8. The summed E-state index contributed by atoms with van der Waals surface area (Å²) >= 11 is 0. The topological polar surface area (TPSA) is 38.5 Å². The van der Waals surface area contributed by atoms with Gasteiger partial charge in [0.2, 0.25) is 0 Å². The van der Waals surface area contributed by atoms with Crippen LogP contribution in [0.4, 0.5) is 0 Å². The molecule has 2 N–H and O–H groups in total. The van der Waals surface area contributed by atoms with Crippen LogP contribution < -0.4 is 5.73 Å². The molecule has 0 fully saturated rings. The Bertz CT molecular complexity index is 167. The second-order valence-corrected chi connectivity index (χ2v) is 5.30. The van der Waals surface area contributed by atoms with Gasteiger partial charge in [0, 0.05) is 26.2 Å². The van der Waals surface area contributed by atoms with E-state index in [1.807, 2.05) is 0 Å². The van der Waals surface area contributed by atoms with Gasteiger partial charge in [0.15, 0.2) is 0 Å². The minimum Gasteiger partial charge on any atom is -0.383 e. The molecule has 98 valence electrons. The standard InChI is InChI=1S/C13H30N2O/c1-6-12(7-2)15(8-9-16-5)11-13(3,4)10-14/h12H,6-11,14H2,1-5H3. The van der Waals surface area contributed by atoms with Crippen molar-refractivity contribution in [2.75, 3.05) is 33.4 Å². The van der Waals surface area contributed by atoms with Gasteiger partial charge >= 0.3 is 0 Å². The van der Waals surface area contributed by atoms with Crippen LogP contribution in [0.3, 0.4) is 0 Å². The monoisotopic (exact) mass is 230 g/mol. The SMILES string of the molecule is CCC(CC)N(CCOC)CC(C)(C)CN. The minimum atomic E-state index is 0.191. The van der Waals surface area contributed by atoms with Crippen molar-refractivity contribution in [2.45, 2.75) is 46.6 Å². The normalized spacial score (nSPS) is 12.8. The van der Waals surface area contributed by atoms with E-state index in [0.29, 0.717) is 6.04 Å². The van der Waals surface area contributed by atoms with Gasteiger partial charge in [-0.2, -0.15) is 0 Å². The number of methoxy groups -OCH3 is 1. The maximum absolute atomic E-state index is 5.81. The van der Waals surface area contributed by atoms with Gasteiger partial charge in [-0.1, -0.05) is 27.7 Å². The molecule has 0 aromatic heterocycles. The van der Waals surface area contributed by atoms with Gasteiger partial charge in [0.05, 0.1) is 6.61 Å². The van der Waals surface area contributed by atoms with Crippen LogP contribution in [0.25, 0.3) is 0 Å². The molecule has 3 nitrogen and oxygen atoms in total. The first-order valence-electron chi connectivity index (χ1n) is 6.43. The Kier molecular flexibility index (Phi) is 7.98. The summed E-state index contributed by atoms with van der Waals surface area (Å²) in [5, 5.41) is 0. The van der Waals surface area contributed by atoms with Crippen molar-refractivity contribution in [3.8, 4) is 0 Å². The molecule has 0 bridgehead atoms. The predicted octanol–water partition coefficient (Wildman–Crippen LogP) is 2.11. The van der Waals surface area contributed by atoms with E-state index in [4.69, 9.17) is 10.5 Å². The second-order valence-electron chi connectivity index (χ2n) is 5.30. The van der Waals surface area contributed by atoms with Crippen LogP contribution in [0, 0.1) is 5.41 Å². The van der Waals surface area contributed by atoms with Gasteiger partial charge in [0.25, 0.3) is 0 Å². The number of hydrogen-bond donors (Lipinski definition) is 1. The second kappa shape index (κ2) is 8.04. The summed E-state index contributed by atoms with van der Waals surface area (Å²) in [7, 11) is 1.76. The molecule has 0 amide bonds. The lowest BCUT2D eigenvalue weighted by atomic mass is 9.92. The average Bonchev–Trinajstić information content (AvgIpc) is 2.27. The smallest absolute Gasteiger partial charge is 0.0589 e. The van der Waals surface area contributed by atoms with Crippen LogP contribution in [0.15, 0.2) is 0 Å². The molecule has 0 saturated carbocycles. The number of ether oxygens (including phenoxy) is 1. The first-order chi connectivity index (χ1) is 7.50. The lowest BCUT2D eigenvalue weighted by molar-refractivity contribution is 0.0842. The summed E-state index contributed by atoms with van der Waals surface area (Å²) in [6.45, 7) is 12.6. The fourth-order valence-corrected chi connectivity index (χ4v) is 2.02. The van der Waals surface area contributed by atoms with Gasteiger partial charge in [-0.05, 0) is 24.8 Å². The van der Waals surface area contributed by atoms with E-state index in [2.05, 4.69) is 32.6 Å². The van der Waals surface area contributed by atoms with Crippen molar-refractivity contribution in [2.24, 2.45) is 11.1 Å². The zero-order valence-corrected chi connectivity index (χ0v) is 11.8. The number of hydrogen-bond acceptors (Lipinski definition) is 3. The van der Waals surface area contributed by atoms with Crippen LogP contribution in [0.5, 0.6) is 0 Å². The molecule has 0 aliphatic heterocycles. The van der Waals surface area contributed by atoms with Crippen LogP contribution in [-0.2, 0) is 4.74 Å². The maximum Gasteiger partial charge on any atom is 0.0589 e. The van der Waals surface area contributed by atoms with Crippen molar-refractivity contribution in [3.05, 3.63) is 0 Å². The first kappa shape index (κ1) is 15.9. The lowest BCUT2D eigenvalue weighted by Crippen LogP contribution is -2.45. The number of nitrogens with zero attached hydrogens (tertiary/aromatic N) is 1. The predicted molar refractivity (Wildman–Crippen MR) is 70.7 cm³/mol. The number of rotatable bonds is 9. The van der Waals surface area contributed by atoms with Gasteiger partial charge in [-0.15, -0.1) is 0 Å². The molecule has 0 aliphatic carbocycles. The molecule has 0 heterocycles. The number of nitrogens with two attached hydrogens (primary N) is 1. The van der Waals surface area contributed by atoms with Crippen LogP contribution in [0.1, 0.15) is 40.5 Å². The molecule has 3 heteroatoms. The van der Waals surface area contributed by atoms with E-state index in [1.165, 1.54) is 12.8 Å². The van der Waals surface area contributed by atoms with Crippen molar-refractivity contribution in [1.29, 1.82) is 0 Å². The van der Waals surface area contributed by atoms with E-state index >= 15 is 0 Å². The fraction of sp³-hybridized carbons (Fsp3) is 1.00. The quantitative estimate of drug-likeness (QED) is 0.659. The van der Waals surface area contributed by atoms with E-state index in [-0.39, 0.29) is 5.41 Å². The highest BCUT2D eigenvalue weighted by molar-refractivity contribution is 4.78. The average molecular weight is 230 g/mol. The highest BCUT2D eigenvalue weighted by atomic mass is 16.5. The van der Waals surface area contributed by atoms with Gasteiger partial charge in [-0.3, -0.25) is 4.90 Å². The molecule has 0 radical (unpaired) electrons. The highest BCUT2D eigenvalue weighted by Crippen LogP contribution is 2.19. The van der Waals surface area contributed by atoms with Crippen LogP contribution in [0.2, 0.25) is 0 Å². The molecule has 0 unspecified atom stereocenters. The van der Waals surface area contributed by atoms with Crippen molar-refractivity contribution >= 4 is 0 Å². The Morgan fingerprint density at radius 2 is 1.81 bits per heavy atom. The third-order valence-corrected chi connectivity index (χ3v) is 3.23. The molecule has 0 aliphatic rings. The summed E-state index contributed by atoms with van der Waals surface area (Å²) in [5.74, 6) is 0. The first-order valence-corrected chi connectivity index (χ1v) is 6.43. The van der Waals surface area contributed by atoms with Crippen molar-refractivity contribution in [1.82, 2.24) is 4.90 Å². The highest BCUT2D eigenvalue weighted by Gasteiger charge is 2.23. The van der Waals surface area contributed by atoms with Crippen molar-refractivity contribution < 1.29 is 4.74 Å². The third kappa shape index (κ3) is 5.83. The molecule has 0 aromatic rings. The largest absolute Gasteiger partial charge is 0.383 e. The molecule has 16 heavy (non-hydrogen) atoms. The summed E-state index contributed by atoms with van der Waals surface area (Å²) in [6, 6.07) is 0.654. The molecule has 0 aromatic carbocycles. The van der Waals surface area contributed by atoms with Crippen molar-refractivity contribution in [3.63, 3.8) is 0 Å². The Morgan fingerprint density at radius 1 is 1.25 bits per heavy atom. The van der Waals surface area contributed by atoms with Gasteiger partial charge in [0.1, 0.15) is 0 Å². The maximum atomic E-state index is 5.81. The molecule has 0 rings (SSSR count). The lowest BCUT2D eigenvalue weighted by Gasteiger charge is -2.36. The summed E-state index contributed by atoms with van der Waals surface area (Å²) < 4.78 is 5.19. The van der Waals surface area contributed by atoms with Crippen LogP contribution >= 0.6 is 0 Å². The molecular weight excluding hydrogens is 200 g/mol. The van der Waals surface area contributed by atoms with E-state index in [0.717, 1.165) is 26.2 Å². The third-order valence-electron chi connectivity index (χ3n) is 3.23. The zero-order chi connectivity index (χ0) is 12.6. The summed E-state index contributed by atoms with van der Waals surface area (Å²) in [6.07, 6.45) is 2.39. The molecule has 0 spiro atoms. The fourth-order valence-electron chi connectivity index (χ4n) is 2.02. The Labute approximate surface area is 101 Å². The summed E-state index contributed by atoms with van der Waals surface area (Å²) in [5.41, 5.74) is 6.00. The Morgan fingerprint density at radius 3 is 2.19 bits per heavy atom. The van der Waals surface area contributed by atoms with E-state index in [1.54, 1.807) is 7.11 Å². The van der Waals surface area contributed by atoms with Crippen LogP contribution in [-0.4, -0.2) is 44.3 Å². The minimum absolute atomic E-state index is 0.191. The van der Waals surface area contributed by atoms with E-state index < -0.39 is 0 Å². The molecule has 0 atom stereocenters.